The predicted octanol–water partition coefficient (Wildman–Crippen LogP) is 4.33. The van der Waals surface area contributed by atoms with E-state index in [-0.39, 0.29) is 23.4 Å². The first-order valence-corrected chi connectivity index (χ1v) is 8.32. The molecular weight excluding hydrogens is 296 g/mol. The first kappa shape index (κ1) is 14.8. The first-order valence-electron chi connectivity index (χ1n) is 8.32. The van der Waals surface area contributed by atoms with Crippen molar-refractivity contribution >= 4 is 23.7 Å². The third-order valence-electron chi connectivity index (χ3n) is 4.98. The van der Waals surface area contributed by atoms with Crippen LogP contribution in [0.15, 0.2) is 71.8 Å². The maximum Gasteiger partial charge on any atom is 0.159 e. The summed E-state index contributed by atoms with van der Waals surface area (Å²) in [4.78, 5) is 25.0. The number of hydrogen-bond acceptors (Lipinski definition) is 2. The average Bonchev–Trinajstić information content (AvgIpc) is 3.06. The second kappa shape index (κ2) is 6.04. The highest BCUT2D eigenvalue weighted by atomic mass is 16.1. The smallest absolute Gasteiger partial charge is 0.159 e. The van der Waals surface area contributed by atoms with Crippen LogP contribution in [0.5, 0.6) is 0 Å². The minimum Gasteiger partial charge on any atom is -0.295 e. The van der Waals surface area contributed by atoms with Crippen molar-refractivity contribution in [1.29, 1.82) is 0 Å². The number of benzene rings is 2. The molecule has 4 rings (SSSR count). The molecule has 0 saturated heterocycles. The molecule has 0 amide bonds. The minimum atomic E-state index is 0.0418. The zero-order valence-corrected chi connectivity index (χ0v) is 13.3. The summed E-state index contributed by atoms with van der Waals surface area (Å²) < 4.78 is 0. The van der Waals surface area contributed by atoms with E-state index < -0.39 is 0 Å². The molecule has 2 heteroatoms. The molecule has 2 unspecified atom stereocenters. The van der Waals surface area contributed by atoms with Gasteiger partial charge in [0, 0.05) is 24.7 Å². The van der Waals surface area contributed by atoms with E-state index >= 15 is 0 Å². The average molecular weight is 314 g/mol. The zero-order valence-electron chi connectivity index (χ0n) is 13.3. The van der Waals surface area contributed by atoms with Gasteiger partial charge in [-0.1, -0.05) is 60.7 Å². The van der Waals surface area contributed by atoms with Crippen LogP contribution < -0.4 is 0 Å². The SMILES string of the molecule is O=C1CC2/C(=C/c3ccccc3)C(=O)CC2/C1=C/c1ccccc1. The quantitative estimate of drug-likeness (QED) is 0.773. The van der Waals surface area contributed by atoms with Gasteiger partial charge in [0.05, 0.1) is 0 Å². The monoisotopic (exact) mass is 314 g/mol. The lowest BCUT2D eigenvalue weighted by Crippen LogP contribution is -2.03. The van der Waals surface area contributed by atoms with Crippen molar-refractivity contribution in [2.75, 3.05) is 0 Å². The lowest BCUT2D eigenvalue weighted by Gasteiger charge is -2.09. The maximum atomic E-state index is 12.5. The largest absolute Gasteiger partial charge is 0.295 e. The van der Waals surface area contributed by atoms with Crippen molar-refractivity contribution in [2.45, 2.75) is 12.8 Å². The summed E-state index contributed by atoms with van der Waals surface area (Å²) in [6, 6.07) is 19.7. The Bertz CT molecular complexity index is 771. The highest BCUT2D eigenvalue weighted by Gasteiger charge is 2.47. The summed E-state index contributed by atoms with van der Waals surface area (Å²) in [5.74, 6) is 0.445. The minimum absolute atomic E-state index is 0.0418. The number of allylic oxidation sites excluding steroid dienone is 2. The summed E-state index contributed by atoms with van der Waals surface area (Å²) in [6.45, 7) is 0. The Morgan fingerprint density at radius 3 is 1.38 bits per heavy atom. The lowest BCUT2D eigenvalue weighted by atomic mass is 9.93. The molecule has 0 aromatic heterocycles. The number of ketones is 2. The fourth-order valence-electron chi connectivity index (χ4n) is 3.82. The van der Waals surface area contributed by atoms with Crippen LogP contribution in [0.25, 0.3) is 12.2 Å². The summed E-state index contributed by atoms with van der Waals surface area (Å²) in [5, 5.41) is 0. The third-order valence-corrected chi connectivity index (χ3v) is 4.98. The zero-order chi connectivity index (χ0) is 16.5. The Labute approximate surface area is 141 Å². The second-order valence-electron chi connectivity index (χ2n) is 6.49. The van der Waals surface area contributed by atoms with Gasteiger partial charge in [-0.3, -0.25) is 9.59 Å². The van der Waals surface area contributed by atoms with Crippen molar-refractivity contribution in [3.05, 3.63) is 82.9 Å². The van der Waals surface area contributed by atoms with Crippen LogP contribution in [0.4, 0.5) is 0 Å². The number of hydrogen-bond donors (Lipinski definition) is 0. The second-order valence-corrected chi connectivity index (χ2v) is 6.49. The van der Waals surface area contributed by atoms with Crippen LogP contribution in [0.3, 0.4) is 0 Å². The van der Waals surface area contributed by atoms with E-state index in [2.05, 4.69) is 0 Å². The van der Waals surface area contributed by atoms with Gasteiger partial charge in [-0.15, -0.1) is 0 Å². The molecule has 0 aliphatic heterocycles. The van der Waals surface area contributed by atoms with Crippen LogP contribution in [0.1, 0.15) is 24.0 Å². The molecule has 0 bridgehead atoms. The first-order chi connectivity index (χ1) is 11.7. The molecule has 0 heterocycles. The highest BCUT2D eigenvalue weighted by molar-refractivity contribution is 6.11. The Morgan fingerprint density at radius 2 is 1.00 bits per heavy atom. The molecule has 0 radical (unpaired) electrons. The number of carbonyl (C=O) groups is 2. The molecule has 2 nitrogen and oxygen atoms in total. The lowest BCUT2D eigenvalue weighted by molar-refractivity contribution is -0.115. The standard InChI is InChI=1S/C22H18O2/c23-21-14-18-17(19(21)11-15-7-3-1-4-8-15)13-22(24)20(18)12-16-9-5-2-6-10-16/h1-12,17-18H,13-14H2/b19-11-,20-12-. The van der Waals surface area contributed by atoms with Gasteiger partial charge < -0.3 is 0 Å². The van der Waals surface area contributed by atoms with Crippen LogP contribution in [0, 0.1) is 11.8 Å². The van der Waals surface area contributed by atoms with Crippen molar-refractivity contribution in [1.82, 2.24) is 0 Å². The molecule has 118 valence electrons. The van der Waals surface area contributed by atoms with Gasteiger partial charge in [0.25, 0.3) is 0 Å². The molecule has 2 aliphatic rings. The molecule has 0 spiro atoms. The van der Waals surface area contributed by atoms with Crippen molar-refractivity contribution in [3.63, 3.8) is 0 Å². The Morgan fingerprint density at radius 1 is 0.625 bits per heavy atom. The highest BCUT2D eigenvalue weighted by Crippen LogP contribution is 2.48. The molecule has 2 atom stereocenters. The van der Waals surface area contributed by atoms with E-state index in [1.807, 2.05) is 72.8 Å². The van der Waals surface area contributed by atoms with Gasteiger partial charge in [-0.2, -0.15) is 0 Å². The normalized spacial score (nSPS) is 26.3. The van der Waals surface area contributed by atoms with E-state index in [1.54, 1.807) is 0 Å². The number of Topliss-reactive ketones (excluding diaryl/α,β-unsaturated/α-hetero) is 2. The van der Waals surface area contributed by atoms with Crippen LogP contribution >= 0.6 is 0 Å². The summed E-state index contributed by atoms with van der Waals surface area (Å²) in [7, 11) is 0. The summed E-state index contributed by atoms with van der Waals surface area (Å²) >= 11 is 0. The van der Waals surface area contributed by atoms with Gasteiger partial charge in [0.1, 0.15) is 0 Å². The fourth-order valence-corrected chi connectivity index (χ4v) is 3.82. The Kier molecular flexibility index (Phi) is 3.73. The van der Waals surface area contributed by atoms with E-state index in [4.69, 9.17) is 0 Å². The summed E-state index contributed by atoms with van der Waals surface area (Å²) in [6.07, 6.45) is 4.83. The number of carbonyl (C=O) groups excluding carboxylic acids is 2. The third kappa shape index (κ3) is 2.65. The van der Waals surface area contributed by atoms with Crippen molar-refractivity contribution < 1.29 is 9.59 Å². The van der Waals surface area contributed by atoms with Gasteiger partial charge >= 0.3 is 0 Å². The Balaban J connectivity index is 1.69. The van der Waals surface area contributed by atoms with Crippen LogP contribution in [-0.4, -0.2) is 11.6 Å². The maximum absolute atomic E-state index is 12.5. The molecule has 2 fully saturated rings. The van der Waals surface area contributed by atoms with Crippen LogP contribution in [-0.2, 0) is 9.59 Å². The van der Waals surface area contributed by atoms with E-state index in [0.717, 1.165) is 22.3 Å². The van der Waals surface area contributed by atoms with Crippen molar-refractivity contribution in [3.8, 4) is 0 Å². The van der Waals surface area contributed by atoms with E-state index in [9.17, 15) is 9.59 Å². The molecule has 2 saturated carbocycles. The molecule has 24 heavy (non-hydrogen) atoms. The molecule has 2 aliphatic carbocycles. The number of rotatable bonds is 2. The molecule has 2 aromatic rings. The predicted molar refractivity (Wildman–Crippen MR) is 95.1 cm³/mol. The van der Waals surface area contributed by atoms with Crippen molar-refractivity contribution in [2.24, 2.45) is 11.8 Å². The Hall–Kier alpha value is -2.74. The van der Waals surface area contributed by atoms with E-state index in [1.165, 1.54) is 0 Å². The van der Waals surface area contributed by atoms with Gasteiger partial charge in [0.2, 0.25) is 0 Å². The van der Waals surface area contributed by atoms with Gasteiger partial charge in [-0.05, 0) is 34.4 Å². The van der Waals surface area contributed by atoms with Gasteiger partial charge in [-0.25, -0.2) is 0 Å². The summed E-state index contributed by atoms with van der Waals surface area (Å²) in [5.41, 5.74) is 3.68. The van der Waals surface area contributed by atoms with E-state index in [0.29, 0.717) is 12.8 Å². The number of fused-ring (bicyclic) bond motifs is 1. The molecular formula is C22H18O2. The van der Waals surface area contributed by atoms with Gasteiger partial charge in [0.15, 0.2) is 11.6 Å². The molecule has 0 N–H and O–H groups in total. The fraction of sp³-hybridized carbons (Fsp3) is 0.182. The topological polar surface area (TPSA) is 34.1 Å². The molecule has 2 aromatic carbocycles. The van der Waals surface area contributed by atoms with Crippen LogP contribution in [0.2, 0.25) is 0 Å².